The van der Waals surface area contributed by atoms with Gasteiger partial charge in [0.25, 0.3) is 0 Å². The Morgan fingerprint density at radius 3 is 2.76 bits per heavy atom. The molecule has 2 aromatic rings. The minimum atomic E-state index is -0.734. The minimum Gasteiger partial charge on any atom is -0.481 e. The molecule has 3 rings (SSSR count). The summed E-state index contributed by atoms with van der Waals surface area (Å²) in [6, 6.07) is 9.22. The Morgan fingerprint density at radius 1 is 1.29 bits per heavy atom. The third-order valence-corrected chi connectivity index (χ3v) is 4.76. The maximum absolute atomic E-state index is 10.9. The van der Waals surface area contributed by atoms with Crippen LogP contribution in [-0.2, 0) is 4.79 Å². The Balaban J connectivity index is 1.88. The number of hydrogen-bond acceptors (Lipinski definition) is 1. The van der Waals surface area contributed by atoms with Gasteiger partial charge in [-0.2, -0.15) is 0 Å². The van der Waals surface area contributed by atoms with Crippen LogP contribution >= 0.6 is 0 Å². The third-order valence-electron chi connectivity index (χ3n) is 4.76. The molecule has 0 bridgehead atoms. The van der Waals surface area contributed by atoms with E-state index in [1.165, 1.54) is 43.0 Å². The van der Waals surface area contributed by atoms with E-state index < -0.39 is 5.97 Å². The van der Waals surface area contributed by atoms with Gasteiger partial charge in [-0.05, 0) is 47.9 Å². The van der Waals surface area contributed by atoms with E-state index in [4.69, 9.17) is 5.11 Å². The van der Waals surface area contributed by atoms with Crippen LogP contribution in [0.2, 0.25) is 0 Å². The van der Waals surface area contributed by atoms with Gasteiger partial charge in [-0.15, -0.1) is 0 Å². The van der Waals surface area contributed by atoms with Crippen LogP contribution in [0.1, 0.15) is 63.0 Å². The molecule has 1 N–H and O–H groups in total. The topological polar surface area (TPSA) is 42.2 Å². The van der Waals surface area contributed by atoms with Crippen LogP contribution in [0, 0.1) is 0 Å². The standard InChI is InChI=1S/C18H23NO2/c1-13(11-18(20)21)14-7-8-17-15(12-14)9-10-19(17)16-5-3-2-4-6-16/h7-10,12-13,16H,2-6,11H2,1H3,(H,20,21). The summed E-state index contributed by atoms with van der Waals surface area (Å²) in [6.07, 6.45) is 8.98. The molecule has 1 aliphatic carbocycles. The molecule has 1 fully saturated rings. The molecule has 0 radical (unpaired) electrons. The molecule has 3 heteroatoms. The molecular weight excluding hydrogens is 262 g/mol. The van der Waals surface area contributed by atoms with E-state index in [1.54, 1.807) is 0 Å². The fraction of sp³-hybridized carbons (Fsp3) is 0.500. The Bertz CT molecular complexity index is 638. The van der Waals surface area contributed by atoms with Crippen LogP contribution in [0.3, 0.4) is 0 Å². The number of nitrogens with zero attached hydrogens (tertiary/aromatic N) is 1. The second-order valence-corrected chi connectivity index (χ2v) is 6.33. The predicted octanol–water partition coefficient (Wildman–Crippen LogP) is 4.72. The highest BCUT2D eigenvalue weighted by atomic mass is 16.4. The monoisotopic (exact) mass is 285 g/mol. The lowest BCUT2D eigenvalue weighted by molar-refractivity contribution is -0.137. The molecule has 0 spiro atoms. The summed E-state index contributed by atoms with van der Waals surface area (Å²) < 4.78 is 2.42. The number of rotatable bonds is 4. The van der Waals surface area contributed by atoms with E-state index in [2.05, 4.69) is 35.0 Å². The zero-order valence-corrected chi connectivity index (χ0v) is 12.6. The van der Waals surface area contributed by atoms with Crippen molar-refractivity contribution in [1.82, 2.24) is 4.57 Å². The third kappa shape index (κ3) is 2.97. The zero-order valence-electron chi connectivity index (χ0n) is 12.6. The molecule has 1 aromatic heterocycles. The SMILES string of the molecule is CC(CC(=O)O)c1ccc2c(ccn2C2CCCCC2)c1. The molecule has 1 saturated carbocycles. The molecule has 1 aliphatic rings. The highest BCUT2D eigenvalue weighted by Gasteiger charge is 2.17. The van der Waals surface area contributed by atoms with Crippen LogP contribution in [0.15, 0.2) is 30.5 Å². The fourth-order valence-corrected chi connectivity index (χ4v) is 3.55. The number of aromatic nitrogens is 1. The van der Waals surface area contributed by atoms with Gasteiger partial charge in [0, 0.05) is 17.8 Å². The van der Waals surface area contributed by atoms with E-state index in [0.29, 0.717) is 6.04 Å². The van der Waals surface area contributed by atoms with Crippen molar-refractivity contribution >= 4 is 16.9 Å². The second kappa shape index (κ2) is 5.92. The molecule has 1 unspecified atom stereocenters. The summed E-state index contributed by atoms with van der Waals surface area (Å²) >= 11 is 0. The number of benzene rings is 1. The molecule has 1 atom stereocenters. The molecule has 112 valence electrons. The van der Waals surface area contributed by atoms with E-state index in [9.17, 15) is 4.79 Å². The number of aliphatic carboxylic acids is 1. The fourth-order valence-electron chi connectivity index (χ4n) is 3.55. The summed E-state index contributed by atoms with van der Waals surface area (Å²) in [5.74, 6) is -0.674. The Hall–Kier alpha value is -1.77. The molecule has 0 amide bonds. The predicted molar refractivity (Wildman–Crippen MR) is 84.7 cm³/mol. The highest BCUT2D eigenvalue weighted by molar-refractivity contribution is 5.81. The van der Waals surface area contributed by atoms with Gasteiger partial charge < -0.3 is 9.67 Å². The molecule has 1 heterocycles. The van der Waals surface area contributed by atoms with Crippen LogP contribution in [0.25, 0.3) is 10.9 Å². The van der Waals surface area contributed by atoms with Crippen molar-refractivity contribution in [2.24, 2.45) is 0 Å². The van der Waals surface area contributed by atoms with Gasteiger partial charge in [-0.1, -0.05) is 32.3 Å². The lowest BCUT2D eigenvalue weighted by atomic mass is 9.94. The van der Waals surface area contributed by atoms with E-state index in [-0.39, 0.29) is 12.3 Å². The molecular formula is C18H23NO2. The van der Waals surface area contributed by atoms with Crippen molar-refractivity contribution in [3.63, 3.8) is 0 Å². The van der Waals surface area contributed by atoms with Gasteiger partial charge in [0.05, 0.1) is 6.42 Å². The lowest BCUT2D eigenvalue weighted by Gasteiger charge is -2.24. The van der Waals surface area contributed by atoms with Crippen LogP contribution in [0.5, 0.6) is 0 Å². The number of carboxylic acids is 1. The summed E-state index contributed by atoms with van der Waals surface area (Å²) in [5, 5.41) is 10.2. The van der Waals surface area contributed by atoms with Gasteiger partial charge in [-0.3, -0.25) is 4.79 Å². The lowest BCUT2D eigenvalue weighted by Crippen LogP contribution is -2.11. The van der Waals surface area contributed by atoms with Crippen LogP contribution < -0.4 is 0 Å². The van der Waals surface area contributed by atoms with Gasteiger partial charge >= 0.3 is 5.97 Å². The van der Waals surface area contributed by atoms with Crippen molar-refractivity contribution in [1.29, 1.82) is 0 Å². The number of carboxylic acid groups (broad SMARTS) is 1. The Labute approximate surface area is 125 Å². The van der Waals surface area contributed by atoms with Gasteiger partial charge in [0.15, 0.2) is 0 Å². The second-order valence-electron chi connectivity index (χ2n) is 6.33. The van der Waals surface area contributed by atoms with E-state index in [1.807, 2.05) is 6.92 Å². The van der Waals surface area contributed by atoms with E-state index in [0.717, 1.165) is 5.56 Å². The van der Waals surface area contributed by atoms with Gasteiger partial charge in [0.1, 0.15) is 0 Å². The molecule has 3 nitrogen and oxygen atoms in total. The summed E-state index contributed by atoms with van der Waals surface area (Å²) in [7, 11) is 0. The van der Waals surface area contributed by atoms with Crippen molar-refractivity contribution in [2.75, 3.05) is 0 Å². The first-order valence-corrected chi connectivity index (χ1v) is 7.97. The van der Waals surface area contributed by atoms with Crippen molar-refractivity contribution < 1.29 is 9.90 Å². The van der Waals surface area contributed by atoms with Crippen LogP contribution in [-0.4, -0.2) is 15.6 Å². The van der Waals surface area contributed by atoms with Crippen molar-refractivity contribution in [3.8, 4) is 0 Å². The first-order chi connectivity index (χ1) is 10.1. The number of fused-ring (bicyclic) bond motifs is 1. The molecule has 1 aromatic carbocycles. The molecule has 0 saturated heterocycles. The first-order valence-electron chi connectivity index (χ1n) is 7.97. The van der Waals surface area contributed by atoms with Crippen molar-refractivity contribution in [2.45, 2.75) is 57.4 Å². The largest absolute Gasteiger partial charge is 0.481 e. The summed E-state index contributed by atoms with van der Waals surface area (Å²) in [4.78, 5) is 10.9. The average molecular weight is 285 g/mol. The van der Waals surface area contributed by atoms with Crippen LogP contribution in [0.4, 0.5) is 0 Å². The van der Waals surface area contributed by atoms with Crippen molar-refractivity contribution in [3.05, 3.63) is 36.0 Å². The zero-order chi connectivity index (χ0) is 14.8. The number of hydrogen-bond donors (Lipinski definition) is 1. The number of carbonyl (C=O) groups is 1. The Kier molecular flexibility index (Phi) is 4.00. The highest BCUT2D eigenvalue weighted by Crippen LogP contribution is 2.32. The normalized spacial score (nSPS) is 18.0. The maximum atomic E-state index is 10.9. The quantitative estimate of drug-likeness (QED) is 0.882. The Morgan fingerprint density at radius 2 is 2.05 bits per heavy atom. The first kappa shape index (κ1) is 14.2. The van der Waals surface area contributed by atoms with E-state index >= 15 is 0 Å². The minimum absolute atomic E-state index is 0.0601. The molecule has 0 aliphatic heterocycles. The summed E-state index contributed by atoms with van der Waals surface area (Å²) in [5.41, 5.74) is 2.40. The van der Waals surface area contributed by atoms with Gasteiger partial charge in [-0.25, -0.2) is 0 Å². The molecule has 21 heavy (non-hydrogen) atoms. The summed E-state index contributed by atoms with van der Waals surface area (Å²) in [6.45, 7) is 1.98. The van der Waals surface area contributed by atoms with Gasteiger partial charge in [0.2, 0.25) is 0 Å². The maximum Gasteiger partial charge on any atom is 0.303 e. The average Bonchev–Trinajstić information content (AvgIpc) is 2.90. The smallest absolute Gasteiger partial charge is 0.303 e.